The lowest BCUT2D eigenvalue weighted by atomic mass is 9.68. The lowest BCUT2D eigenvalue weighted by Gasteiger charge is -2.38. The molecule has 4 aliphatic rings. The number of hydrogen-bond acceptors (Lipinski definition) is 2. The largest absolute Gasteiger partial charge is 0.383 e. The number of rotatable bonds is 3. The van der Waals surface area contributed by atoms with Crippen LogP contribution in [0.25, 0.3) is 0 Å². The summed E-state index contributed by atoms with van der Waals surface area (Å²) in [5.74, 6) is 2.54. The number of methoxy groups -OCH3 is 1. The zero-order valence-corrected chi connectivity index (χ0v) is 11.2. The lowest BCUT2D eigenvalue weighted by molar-refractivity contribution is 0.130. The molecule has 4 atom stereocenters. The van der Waals surface area contributed by atoms with Gasteiger partial charge in [0.05, 0.1) is 6.61 Å². The van der Waals surface area contributed by atoms with Crippen molar-refractivity contribution >= 4 is 6.03 Å². The van der Waals surface area contributed by atoms with Crippen LogP contribution in [-0.4, -0.2) is 43.8 Å². The third-order valence-corrected chi connectivity index (χ3v) is 4.95. The van der Waals surface area contributed by atoms with Gasteiger partial charge in [-0.1, -0.05) is 0 Å². The van der Waals surface area contributed by atoms with Gasteiger partial charge in [0.2, 0.25) is 0 Å². The predicted molar refractivity (Wildman–Crippen MR) is 69.3 cm³/mol. The number of urea groups is 1. The van der Waals surface area contributed by atoms with E-state index in [4.69, 9.17) is 4.74 Å². The van der Waals surface area contributed by atoms with Crippen LogP contribution < -0.4 is 5.32 Å². The lowest BCUT2D eigenvalue weighted by Crippen LogP contribution is -2.47. The van der Waals surface area contributed by atoms with Crippen molar-refractivity contribution in [3.8, 4) is 0 Å². The molecule has 4 heteroatoms. The maximum absolute atomic E-state index is 12.2. The average molecular weight is 252 g/mol. The predicted octanol–water partition coefficient (Wildman–Crippen LogP) is 1.85. The number of ether oxygens (including phenoxy) is 1. The minimum absolute atomic E-state index is 0.130. The molecule has 2 amide bonds. The van der Waals surface area contributed by atoms with Crippen molar-refractivity contribution in [1.29, 1.82) is 0 Å². The molecule has 4 bridgehead atoms. The third kappa shape index (κ3) is 2.35. The molecule has 2 heterocycles. The van der Waals surface area contributed by atoms with E-state index in [2.05, 4.69) is 10.2 Å². The van der Waals surface area contributed by atoms with Gasteiger partial charge in [0, 0.05) is 26.2 Å². The second kappa shape index (κ2) is 5.08. The summed E-state index contributed by atoms with van der Waals surface area (Å²) in [6.45, 7) is 2.20. The summed E-state index contributed by atoms with van der Waals surface area (Å²) in [5, 5.41) is 2.99. The minimum atomic E-state index is 0.130. The molecule has 0 aromatic carbocycles. The molecule has 0 radical (unpaired) electrons. The number of nitrogens with zero attached hydrogens (tertiary/aromatic N) is 1. The topological polar surface area (TPSA) is 41.6 Å². The van der Waals surface area contributed by atoms with E-state index in [1.807, 2.05) is 0 Å². The highest BCUT2D eigenvalue weighted by atomic mass is 16.5. The summed E-state index contributed by atoms with van der Waals surface area (Å²) < 4.78 is 4.98. The Morgan fingerprint density at radius 1 is 1.17 bits per heavy atom. The average Bonchev–Trinajstić information content (AvgIpc) is 2.53. The van der Waals surface area contributed by atoms with E-state index in [-0.39, 0.29) is 6.03 Å². The molecule has 4 fully saturated rings. The Morgan fingerprint density at radius 2 is 1.83 bits per heavy atom. The summed E-state index contributed by atoms with van der Waals surface area (Å²) in [6, 6.07) is 0.633. The van der Waals surface area contributed by atoms with Gasteiger partial charge in [-0.2, -0.15) is 0 Å². The number of nitrogens with one attached hydrogen (secondary N) is 1. The summed E-state index contributed by atoms with van der Waals surface area (Å²) >= 11 is 0. The summed E-state index contributed by atoms with van der Waals surface area (Å²) in [5.41, 5.74) is 0. The number of amides is 2. The Labute approximate surface area is 109 Å². The molecule has 2 aliphatic carbocycles. The van der Waals surface area contributed by atoms with Crippen molar-refractivity contribution in [2.75, 3.05) is 26.8 Å². The maximum Gasteiger partial charge on any atom is 0.317 e. The van der Waals surface area contributed by atoms with E-state index in [1.54, 1.807) is 7.11 Å². The smallest absolute Gasteiger partial charge is 0.317 e. The Balaban J connectivity index is 1.64. The molecule has 0 aromatic heterocycles. The highest BCUT2D eigenvalue weighted by Gasteiger charge is 2.43. The molecular formula is C14H24N2O2. The van der Waals surface area contributed by atoms with Crippen molar-refractivity contribution in [2.45, 2.75) is 38.1 Å². The van der Waals surface area contributed by atoms with Crippen LogP contribution in [0.15, 0.2) is 0 Å². The van der Waals surface area contributed by atoms with E-state index >= 15 is 0 Å². The molecule has 1 N–H and O–H groups in total. The molecule has 2 unspecified atom stereocenters. The van der Waals surface area contributed by atoms with Crippen LogP contribution in [0.1, 0.15) is 32.1 Å². The van der Waals surface area contributed by atoms with Crippen molar-refractivity contribution in [1.82, 2.24) is 10.2 Å². The van der Waals surface area contributed by atoms with E-state index in [9.17, 15) is 4.79 Å². The minimum Gasteiger partial charge on any atom is -0.383 e. The Hall–Kier alpha value is -0.770. The number of carbonyl (C=O) groups excluding carboxylic acids is 1. The summed E-state index contributed by atoms with van der Waals surface area (Å²) in [6.07, 6.45) is 6.62. The first kappa shape index (κ1) is 12.3. The SMILES string of the molecule is COCCNC(=O)N1CC2C[C@@H]3CC1C[C@H](C2)C3. The van der Waals surface area contributed by atoms with Gasteiger partial charge in [0.1, 0.15) is 0 Å². The van der Waals surface area contributed by atoms with E-state index in [0.29, 0.717) is 19.2 Å². The van der Waals surface area contributed by atoms with Gasteiger partial charge >= 0.3 is 6.03 Å². The first-order valence-corrected chi connectivity index (χ1v) is 7.29. The van der Waals surface area contributed by atoms with Crippen LogP contribution in [0.3, 0.4) is 0 Å². The molecule has 4 nitrogen and oxygen atoms in total. The molecule has 102 valence electrons. The molecule has 0 aromatic rings. The zero-order valence-electron chi connectivity index (χ0n) is 11.2. The highest BCUT2D eigenvalue weighted by molar-refractivity contribution is 5.74. The van der Waals surface area contributed by atoms with E-state index < -0.39 is 0 Å². The second-order valence-corrected chi connectivity index (χ2v) is 6.31. The number of fused-ring (bicyclic) bond motifs is 1. The molecular weight excluding hydrogens is 228 g/mol. The van der Waals surface area contributed by atoms with Crippen molar-refractivity contribution in [3.63, 3.8) is 0 Å². The van der Waals surface area contributed by atoms with E-state index in [0.717, 1.165) is 24.3 Å². The van der Waals surface area contributed by atoms with Crippen LogP contribution >= 0.6 is 0 Å². The normalized spacial score (nSPS) is 37.7. The van der Waals surface area contributed by atoms with Crippen LogP contribution in [0, 0.1) is 17.8 Å². The quantitative estimate of drug-likeness (QED) is 0.779. The second-order valence-electron chi connectivity index (χ2n) is 6.31. The van der Waals surface area contributed by atoms with Gasteiger partial charge in [0.25, 0.3) is 0 Å². The van der Waals surface area contributed by atoms with Crippen LogP contribution in [0.2, 0.25) is 0 Å². The molecule has 4 rings (SSSR count). The third-order valence-electron chi connectivity index (χ3n) is 4.95. The fraction of sp³-hybridized carbons (Fsp3) is 0.929. The van der Waals surface area contributed by atoms with Gasteiger partial charge in [-0.3, -0.25) is 0 Å². The molecule has 2 aliphatic heterocycles. The Kier molecular flexibility index (Phi) is 3.46. The fourth-order valence-corrected chi connectivity index (χ4v) is 4.39. The molecule has 2 saturated carbocycles. The summed E-state index contributed by atoms with van der Waals surface area (Å²) in [7, 11) is 1.67. The van der Waals surface area contributed by atoms with E-state index in [1.165, 1.54) is 32.1 Å². The molecule has 2 saturated heterocycles. The van der Waals surface area contributed by atoms with Gasteiger partial charge in [-0.05, 0) is 49.9 Å². The van der Waals surface area contributed by atoms with Gasteiger partial charge in [-0.25, -0.2) is 4.79 Å². The van der Waals surface area contributed by atoms with Crippen molar-refractivity contribution < 1.29 is 9.53 Å². The van der Waals surface area contributed by atoms with Gasteiger partial charge in [0.15, 0.2) is 0 Å². The summed E-state index contributed by atoms with van der Waals surface area (Å²) in [4.78, 5) is 14.4. The first-order valence-electron chi connectivity index (χ1n) is 7.29. The Bertz CT molecular complexity index is 307. The van der Waals surface area contributed by atoms with Crippen molar-refractivity contribution in [3.05, 3.63) is 0 Å². The van der Waals surface area contributed by atoms with Crippen LogP contribution in [0.4, 0.5) is 4.79 Å². The van der Waals surface area contributed by atoms with Crippen LogP contribution in [0.5, 0.6) is 0 Å². The molecule has 18 heavy (non-hydrogen) atoms. The van der Waals surface area contributed by atoms with Gasteiger partial charge < -0.3 is 15.0 Å². The first-order chi connectivity index (χ1) is 8.76. The monoisotopic (exact) mass is 252 g/mol. The highest BCUT2D eigenvalue weighted by Crippen LogP contribution is 2.47. The van der Waals surface area contributed by atoms with Crippen LogP contribution in [-0.2, 0) is 4.74 Å². The standard InChI is InChI=1S/C14H24N2O2/c1-18-3-2-15-14(17)16-9-12-5-10-4-11(6-12)8-13(16)7-10/h10-13H,2-9H2,1H3,(H,15,17)/t10-,11+,12?,13?. The van der Waals surface area contributed by atoms with Crippen molar-refractivity contribution in [2.24, 2.45) is 17.8 Å². The Morgan fingerprint density at radius 3 is 2.50 bits per heavy atom. The number of carbonyl (C=O) groups is 1. The fourth-order valence-electron chi connectivity index (χ4n) is 4.39. The van der Waals surface area contributed by atoms with Gasteiger partial charge in [-0.15, -0.1) is 0 Å². The zero-order chi connectivity index (χ0) is 12.5. The molecule has 0 spiro atoms. The number of hydrogen-bond donors (Lipinski definition) is 1. The maximum atomic E-state index is 12.2.